The van der Waals surface area contributed by atoms with Gasteiger partial charge in [0.2, 0.25) is 0 Å². The number of hydrogen-bond donors (Lipinski definition) is 1. The third-order valence-corrected chi connectivity index (χ3v) is 5.26. The van der Waals surface area contributed by atoms with E-state index in [0.29, 0.717) is 6.42 Å². The summed E-state index contributed by atoms with van der Waals surface area (Å²) in [6.45, 7) is 2.38. The fourth-order valence-electron chi connectivity index (χ4n) is 3.18. The van der Waals surface area contributed by atoms with Crippen molar-refractivity contribution >= 4 is 7.82 Å². The summed E-state index contributed by atoms with van der Waals surface area (Å²) in [5, 5.41) is 0. The van der Waals surface area contributed by atoms with Gasteiger partial charge in [0, 0.05) is 0 Å². The molecule has 0 aromatic rings. The van der Waals surface area contributed by atoms with Crippen LogP contribution in [-0.4, -0.2) is 11.5 Å². The smallest absolute Gasteiger partial charge is 0.756 e. The van der Waals surface area contributed by atoms with Crippen LogP contribution in [0.3, 0.4) is 0 Å². The Morgan fingerprint density at radius 1 is 0.654 bits per heavy atom. The van der Waals surface area contributed by atoms with Gasteiger partial charge in [0.15, 0.2) is 0 Å². The molecular formula is C20H42NaO4P. The van der Waals surface area contributed by atoms with Crippen molar-refractivity contribution in [1.82, 2.24) is 0 Å². The molecule has 0 aliphatic rings. The minimum Gasteiger partial charge on any atom is -0.756 e. The van der Waals surface area contributed by atoms with E-state index in [1.165, 1.54) is 96.3 Å². The summed E-state index contributed by atoms with van der Waals surface area (Å²) in [4.78, 5) is 18.8. The largest absolute Gasteiger partial charge is 1.00 e. The van der Waals surface area contributed by atoms with Crippen LogP contribution in [0, 0.1) is 0 Å². The maximum atomic E-state index is 10.4. The third kappa shape index (κ3) is 27.3. The van der Waals surface area contributed by atoms with E-state index in [4.69, 9.17) is 4.89 Å². The Morgan fingerprint density at radius 3 is 1.19 bits per heavy atom. The first kappa shape index (κ1) is 29.3. The molecule has 1 atom stereocenters. The van der Waals surface area contributed by atoms with Gasteiger partial charge in [-0.1, -0.05) is 116 Å². The first-order chi connectivity index (χ1) is 12.1. The number of phosphoric acid groups is 1. The van der Waals surface area contributed by atoms with Gasteiger partial charge in [0.25, 0.3) is 7.82 Å². The normalized spacial score (nSPS) is 13.3. The molecule has 0 aliphatic heterocycles. The van der Waals surface area contributed by atoms with E-state index < -0.39 is 7.82 Å². The molecule has 0 spiro atoms. The zero-order valence-corrected chi connectivity index (χ0v) is 20.4. The molecular weight excluding hydrogens is 358 g/mol. The van der Waals surface area contributed by atoms with E-state index in [1.807, 2.05) is 0 Å². The van der Waals surface area contributed by atoms with Gasteiger partial charge in [0.05, 0.1) is 6.61 Å². The Balaban J connectivity index is 0. The van der Waals surface area contributed by atoms with Crippen molar-refractivity contribution in [2.45, 2.75) is 122 Å². The number of rotatable bonds is 20. The van der Waals surface area contributed by atoms with E-state index in [0.717, 1.165) is 12.8 Å². The Morgan fingerprint density at radius 2 is 0.923 bits per heavy atom. The maximum absolute atomic E-state index is 10.4. The SMILES string of the molecule is CCCCCCCCCCCCCCCCCCCCOP(=O)([O-])O.[Na+]. The molecule has 0 aliphatic carbocycles. The second kappa shape index (κ2) is 22.4. The molecule has 1 N–H and O–H groups in total. The molecule has 0 fully saturated rings. The molecule has 1 unspecified atom stereocenters. The van der Waals surface area contributed by atoms with Crippen LogP contribution in [0.1, 0.15) is 122 Å². The van der Waals surface area contributed by atoms with Crippen LogP contribution in [0.15, 0.2) is 0 Å². The average molecular weight is 401 g/mol. The fourth-order valence-corrected chi connectivity index (χ4v) is 3.54. The van der Waals surface area contributed by atoms with Crippen LogP contribution in [0.2, 0.25) is 0 Å². The number of phosphoric ester groups is 1. The zero-order valence-electron chi connectivity index (χ0n) is 17.6. The summed E-state index contributed by atoms with van der Waals surface area (Å²) in [6.07, 6.45) is 23.4. The monoisotopic (exact) mass is 400 g/mol. The van der Waals surface area contributed by atoms with Crippen LogP contribution in [0.4, 0.5) is 0 Å². The predicted octanol–water partition coefficient (Wildman–Crippen LogP) is 3.51. The molecule has 152 valence electrons. The van der Waals surface area contributed by atoms with Crippen molar-refractivity contribution in [3.8, 4) is 0 Å². The fraction of sp³-hybridized carbons (Fsp3) is 1.00. The molecule has 0 aromatic carbocycles. The number of unbranched alkanes of at least 4 members (excludes halogenated alkanes) is 17. The van der Waals surface area contributed by atoms with E-state index in [2.05, 4.69) is 11.4 Å². The van der Waals surface area contributed by atoms with Gasteiger partial charge in [0.1, 0.15) is 0 Å². The molecule has 0 heterocycles. The summed E-state index contributed by atoms with van der Waals surface area (Å²) < 4.78 is 14.7. The molecule has 0 aromatic heterocycles. The van der Waals surface area contributed by atoms with Crippen molar-refractivity contribution in [2.24, 2.45) is 0 Å². The van der Waals surface area contributed by atoms with Crippen molar-refractivity contribution in [3.63, 3.8) is 0 Å². The third-order valence-electron chi connectivity index (χ3n) is 4.75. The van der Waals surface area contributed by atoms with Crippen molar-refractivity contribution in [1.29, 1.82) is 0 Å². The van der Waals surface area contributed by atoms with E-state index >= 15 is 0 Å². The summed E-state index contributed by atoms with van der Waals surface area (Å²) in [7, 11) is -4.51. The topological polar surface area (TPSA) is 69.6 Å². The molecule has 26 heavy (non-hydrogen) atoms. The quantitative estimate of drug-likeness (QED) is 0.193. The Bertz CT molecular complexity index is 310. The first-order valence-corrected chi connectivity index (χ1v) is 12.2. The van der Waals surface area contributed by atoms with Crippen molar-refractivity contribution in [3.05, 3.63) is 0 Å². The van der Waals surface area contributed by atoms with Gasteiger partial charge < -0.3 is 14.3 Å². The Kier molecular flexibility index (Phi) is 25.3. The first-order valence-electron chi connectivity index (χ1n) is 10.7. The Hall–Kier alpha value is 1.11. The van der Waals surface area contributed by atoms with Gasteiger partial charge in [-0.05, 0) is 6.42 Å². The molecule has 6 heteroatoms. The molecule has 4 nitrogen and oxygen atoms in total. The minimum atomic E-state index is -4.51. The molecule has 0 saturated carbocycles. The van der Waals surface area contributed by atoms with Crippen LogP contribution in [-0.2, 0) is 9.09 Å². The zero-order chi connectivity index (χ0) is 18.6. The van der Waals surface area contributed by atoms with Crippen LogP contribution >= 0.6 is 7.82 Å². The Labute approximate surface area is 184 Å². The standard InChI is InChI=1S/C20H43O4P.Na/c1-2-3-4-5-6-7-8-9-10-11-12-13-14-15-16-17-18-19-20-24-25(21,22)23;/h2-20H2,1H3,(H2,21,22,23);/q;+1/p-1. The van der Waals surface area contributed by atoms with E-state index in [-0.39, 0.29) is 36.2 Å². The van der Waals surface area contributed by atoms with Crippen LogP contribution in [0.5, 0.6) is 0 Å². The predicted molar refractivity (Wildman–Crippen MR) is 105 cm³/mol. The van der Waals surface area contributed by atoms with Gasteiger partial charge in [-0.25, -0.2) is 0 Å². The van der Waals surface area contributed by atoms with E-state index in [1.54, 1.807) is 0 Å². The second-order valence-electron chi connectivity index (χ2n) is 7.31. The average Bonchev–Trinajstić information content (AvgIpc) is 2.56. The molecule has 0 radical (unpaired) electrons. The summed E-state index contributed by atoms with van der Waals surface area (Å²) in [5.41, 5.74) is 0. The van der Waals surface area contributed by atoms with Crippen LogP contribution in [0.25, 0.3) is 0 Å². The summed E-state index contributed by atoms with van der Waals surface area (Å²) >= 11 is 0. The molecule has 0 rings (SSSR count). The van der Waals surface area contributed by atoms with Crippen molar-refractivity contribution in [2.75, 3.05) is 6.61 Å². The summed E-state index contributed by atoms with van der Waals surface area (Å²) in [5.74, 6) is 0. The van der Waals surface area contributed by atoms with E-state index in [9.17, 15) is 9.46 Å². The second-order valence-corrected chi connectivity index (χ2v) is 8.51. The van der Waals surface area contributed by atoms with Gasteiger partial charge in [-0.3, -0.25) is 4.57 Å². The van der Waals surface area contributed by atoms with Gasteiger partial charge in [-0.2, -0.15) is 0 Å². The van der Waals surface area contributed by atoms with Gasteiger partial charge >= 0.3 is 29.6 Å². The minimum absolute atomic E-state index is 0. The molecule has 0 bridgehead atoms. The van der Waals surface area contributed by atoms with Crippen LogP contribution < -0.4 is 34.5 Å². The maximum Gasteiger partial charge on any atom is 1.00 e. The van der Waals surface area contributed by atoms with Gasteiger partial charge in [-0.15, -0.1) is 0 Å². The summed E-state index contributed by atoms with van der Waals surface area (Å²) in [6, 6.07) is 0. The van der Waals surface area contributed by atoms with Crippen molar-refractivity contribution < 1.29 is 48.4 Å². The molecule has 0 amide bonds. The molecule has 0 saturated heterocycles. The number of hydrogen-bond acceptors (Lipinski definition) is 3.